The van der Waals surface area contributed by atoms with Gasteiger partial charge in [-0.05, 0) is 45.4 Å². The second-order valence-electron chi connectivity index (χ2n) is 5.97. The van der Waals surface area contributed by atoms with E-state index in [2.05, 4.69) is 10.3 Å². The zero-order chi connectivity index (χ0) is 18.0. The molecule has 0 fully saturated rings. The second kappa shape index (κ2) is 7.11. The Morgan fingerprint density at radius 2 is 2.04 bits per heavy atom. The van der Waals surface area contributed by atoms with Crippen molar-refractivity contribution in [2.24, 2.45) is 0 Å². The SMILES string of the molecule is Cc1ccc(OCC(=O)Nc2nc(-c3cc(C)oc3C)cs2)c(C)c1. The van der Waals surface area contributed by atoms with Gasteiger partial charge in [0.15, 0.2) is 11.7 Å². The number of nitrogens with zero attached hydrogens (tertiary/aromatic N) is 1. The Hall–Kier alpha value is -2.60. The van der Waals surface area contributed by atoms with Crippen LogP contribution in [0.25, 0.3) is 11.3 Å². The molecule has 6 heteroatoms. The van der Waals surface area contributed by atoms with E-state index in [4.69, 9.17) is 9.15 Å². The topological polar surface area (TPSA) is 64.4 Å². The number of anilines is 1. The van der Waals surface area contributed by atoms with E-state index in [1.54, 1.807) is 0 Å². The van der Waals surface area contributed by atoms with Crippen LogP contribution in [0.2, 0.25) is 0 Å². The van der Waals surface area contributed by atoms with Crippen molar-refractivity contribution in [2.75, 3.05) is 11.9 Å². The second-order valence-corrected chi connectivity index (χ2v) is 6.83. The molecule has 0 atom stereocenters. The summed E-state index contributed by atoms with van der Waals surface area (Å²) in [4.78, 5) is 16.5. The highest BCUT2D eigenvalue weighted by Crippen LogP contribution is 2.29. The van der Waals surface area contributed by atoms with E-state index in [-0.39, 0.29) is 12.5 Å². The van der Waals surface area contributed by atoms with Crippen LogP contribution in [0.3, 0.4) is 0 Å². The number of aromatic nitrogens is 1. The maximum absolute atomic E-state index is 12.1. The van der Waals surface area contributed by atoms with Crippen molar-refractivity contribution >= 4 is 22.4 Å². The minimum atomic E-state index is -0.235. The van der Waals surface area contributed by atoms with Gasteiger partial charge in [0.25, 0.3) is 5.91 Å². The molecule has 0 bridgehead atoms. The maximum atomic E-state index is 12.1. The number of nitrogens with one attached hydrogen (secondary N) is 1. The van der Waals surface area contributed by atoms with Gasteiger partial charge in [0, 0.05) is 10.9 Å². The number of benzene rings is 1. The number of carbonyl (C=O) groups is 1. The largest absolute Gasteiger partial charge is 0.483 e. The van der Waals surface area contributed by atoms with Crippen LogP contribution < -0.4 is 10.1 Å². The molecule has 0 aliphatic heterocycles. The van der Waals surface area contributed by atoms with Crippen molar-refractivity contribution in [2.45, 2.75) is 27.7 Å². The van der Waals surface area contributed by atoms with E-state index in [1.807, 2.05) is 57.3 Å². The number of thiazole rings is 1. The van der Waals surface area contributed by atoms with Gasteiger partial charge in [-0.3, -0.25) is 10.1 Å². The third-order valence-electron chi connectivity index (χ3n) is 3.76. The molecule has 0 aliphatic rings. The van der Waals surface area contributed by atoms with Crippen molar-refractivity contribution in [3.05, 3.63) is 52.3 Å². The van der Waals surface area contributed by atoms with E-state index in [0.29, 0.717) is 10.9 Å². The summed E-state index contributed by atoms with van der Waals surface area (Å²) in [6.07, 6.45) is 0. The van der Waals surface area contributed by atoms with Crippen LogP contribution in [0.4, 0.5) is 5.13 Å². The molecule has 0 spiro atoms. The molecule has 2 heterocycles. The Balaban J connectivity index is 1.61. The van der Waals surface area contributed by atoms with Crippen molar-refractivity contribution in [1.82, 2.24) is 4.98 Å². The van der Waals surface area contributed by atoms with E-state index in [9.17, 15) is 4.79 Å². The number of furan rings is 1. The summed E-state index contributed by atoms with van der Waals surface area (Å²) in [6, 6.07) is 7.81. The number of hydrogen-bond donors (Lipinski definition) is 1. The van der Waals surface area contributed by atoms with Gasteiger partial charge >= 0.3 is 0 Å². The fraction of sp³-hybridized carbons (Fsp3) is 0.263. The first-order chi connectivity index (χ1) is 11.9. The molecular weight excluding hydrogens is 336 g/mol. The summed E-state index contributed by atoms with van der Waals surface area (Å²) in [5, 5.41) is 5.22. The lowest BCUT2D eigenvalue weighted by atomic mass is 10.1. The minimum Gasteiger partial charge on any atom is -0.483 e. The lowest BCUT2D eigenvalue weighted by Crippen LogP contribution is -2.20. The lowest BCUT2D eigenvalue weighted by molar-refractivity contribution is -0.118. The van der Waals surface area contributed by atoms with Crippen molar-refractivity contribution in [1.29, 1.82) is 0 Å². The Morgan fingerprint density at radius 1 is 1.24 bits per heavy atom. The van der Waals surface area contributed by atoms with Crippen molar-refractivity contribution < 1.29 is 13.9 Å². The van der Waals surface area contributed by atoms with E-state index >= 15 is 0 Å². The molecule has 3 rings (SSSR count). The van der Waals surface area contributed by atoms with Crippen LogP contribution >= 0.6 is 11.3 Å². The molecule has 0 aliphatic carbocycles. The molecule has 2 aromatic heterocycles. The quantitative estimate of drug-likeness (QED) is 0.722. The van der Waals surface area contributed by atoms with Crippen LogP contribution in [-0.2, 0) is 4.79 Å². The third-order valence-corrected chi connectivity index (χ3v) is 4.51. The number of carbonyl (C=O) groups excluding carboxylic acids is 1. The third kappa shape index (κ3) is 4.09. The Bertz CT molecular complexity index is 911. The van der Waals surface area contributed by atoms with E-state index < -0.39 is 0 Å². The summed E-state index contributed by atoms with van der Waals surface area (Å²) in [7, 11) is 0. The maximum Gasteiger partial charge on any atom is 0.264 e. The number of rotatable bonds is 5. The molecule has 3 aromatic rings. The molecule has 0 saturated carbocycles. The highest BCUT2D eigenvalue weighted by atomic mass is 32.1. The van der Waals surface area contributed by atoms with Gasteiger partial charge in [0.05, 0.1) is 5.69 Å². The molecule has 1 amide bonds. The van der Waals surface area contributed by atoms with Crippen LogP contribution in [0, 0.1) is 27.7 Å². The molecule has 0 unspecified atom stereocenters. The van der Waals surface area contributed by atoms with Crippen molar-refractivity contribution in [3.63, 3.8) is 0 Å². The number of amides is 1. The van der Waals surface area contributed by atoms with Crippen LogP contribution in [-0.4, -0.2) is 17.5 Å². The normalized spacial score (nSPS) is 10.7. The highest BCUT2D eigenvalue weighted by molar-refractivity contribution is 7.14. The smallest absolute Gasteiger partial charge is 0.264 e. The van der Waals surface area contributed by atoms with Gasteiger partial charge in [-0.2, -0.15) is 0 Å². The monoisotopic (exact) mass is 356 g/mol. The molecule has 0 saturated heterocycles. The first kappa shape index (κ1) is 17.2. The van der Waals surface area contributed by atoms with Gasteiger partial charge in [-0.25, -0.2) is 4.98 Å². The Morgan fingerprint density at radius 3 is 2.72 bits per heavy atom. The van der Waals surface area contributed by atoms with Gasteiger partial charge in [-0.1, -0.05) is 17.7 Å². The zero-order valence-corrected chi connectivity index (χ0v) is 15.5. The number of aryl methyl sites for hydroxylation is 4. The van der Waals surface area contributed by atoms with Gasteiger partial charge < -0.3 is 9.15 Å². The summed E-state index contributed by atoms with van der Waals surface area (Å²) in [6.45, 7) is 7.73. The Kier molecular flexibility index (Phi) is 4.90. The van der Waals surface area contributed by atoms with Crippen LogP contribution in [0.1, 0.15) is 22.6 Å². The molecule has 25 heavy (non-hydrogen) atoms. The molecule has 5 nitrogen and oxygen atoms in total. The summed E-state index contributed by atoms with van der Waals surface area (Å²) < 4.78 is 11.1. The van der Waals surface area contributed by atoms with Crippen LogP contribution in [0.15, 0.2) is 34.1 Å². The number of ether oxygens (including phenoxy) is 1. The average Bonchev–Trinajstić information content (AvgIpc) is 3.12. The fourth-order valence-electron chi connectivity index (χ4n) is 2.60. The minimum absolute atomic E-state index is 0.0529. The Labute approximate surface area is 150 Å². The summed E-state index contributed by atoms with van der Waals surface area (Å²) in [5.74, 6) is 2.14. The van der Waals surface area contributed by atoms with E-state index in [1.165, 1.54) is 11.3 Å². The molecule has 130 valence electrons. The average molecular weight is 356 g/mol. The summed E-state index contributed by atoms with van der Waals surface area (Å²) >= 11 is 1.38. The van der Waals surface area contributed by atoms with Gasteiger partial charge in [0.1, 0.15) is 17.3 Å². The van der Waals surface area contributed by atoms with Crippen molar-refractivity contribution in [3.8, 4) is 17.0 Å². The van der Waals surface area contributed by atoms with Crippen LogP contribution in [0.5, 0.6) is 5.75 Å². The number of hydrogen-bond acceptors (Lipinski definition) is 5. The molecule has 1 aromatic carbocycles. The first-order valence-electron chi connectivity index (χ1n) is 7.95. The predicted molar refractivity (Wildman–Crippen MR) is 99.3 cm³/mol. The van der Waals surface area contributed by atoms with Gasteiger partial charge in [-0.15, -0.1) is 11.3 Å². The molecular formula is C19H20N2O3S. The predicted octanol–water partition coefficient (Wildman–Crippen LogP) is 4.65. The molecule has 0 radical (unpaired) electrons. The molecule has 1 N–H and O–H groups in total. The lowest BCUT2D eigenvalue weighted by Gasteiger charge is -2.09. The first-order valence-corrected chi connectivity index (χ1v) is 8.83. The van der Waals surface area contributed by atoms with Gasteiger partial charge in [0.2, 0.25) is 0 Å². The summed E-state index contributed by atoms with van der Waals surface area (Å²) in [5.41, 5.74) is 3.91. The fourth-order valence-corrected chi connectivity index (χ4v) is 3.33. The zero-order valence-electron chi connectivity index (χ0n) is 14.7. The highest BCUT2D eigenvalue weighted by Gasteiger charge is 2.13. The van der Waals surface area contributed by atoms with E-state index in [0.717, 1.165) is 33.9 Å². The standard InChI is InChI=1S/C19H20N2O3S/c1-11-5-6-17(12(2)7-11)23-9-18(22)21-19-20-16(10-25-19)15-8-13(3)24-14(15)4/h5-8,10H,9H2,1-4H3,(H,20,21,22).